The molecule has 3 rings (SSSR count). The van der Waals surface area contributed by atoms with Crippen LogP contribution in [-0.4, -0.2) is 34.0 Å². The number of rotatable bonds is 3. The first-order chi connectivity index (χ1) is 13.0. The molecule has 0 aliphatic rings. The SMILES string of the molecule is C/C(=N/[S@](=O)C(C)(C)C)c1cc(C)cc2c(=O)n(C)c(-c3ccnn3C)nc12. The lowest BCUT2D eigenvalue weighted by Crippen LogP contribution is -2.23. The minimum absolute atomic E-state index is 0.143. The Morgan fingerprint density at radius 1 is 1.21 bits per heavy atom. The lowest BCUT2D eigenvalue weighted by atomic mass is 10.0. The zero-order valence-electron chi connectivity index (χ0n) is 17.3. The standard InChI is InChI=1S/C20H25N5O2S/c1-12-10-14(13(2)23-28(27)20(3,4)5)17-15(11-12)19(26)24(6)18(22-17)16-8-9-21-25(16)7/h8-11H,1-7H3/b23-13-/t28-/m1/s1. The van der Waals surface area contributed by atoms with Gasteiger partial charge in [0.1, 0.15) is 16.7 Å². The Bertz CT molecular complexity index is 1180. The van der Waals surface area contributed by atoms with Gasteiger partial charge >= 0.3 is 0 Å². The van der Waals surface area contributed by atoms with Crippen LogP contribution in [-0.2, 0) is 25.1 Å². The van der Waals surface area contributed by atoms with Crippen LogP contribution in [0.2, 0.25) is 0 Å². The summed E-state index contributed by atoms with van der Waals surface area (Å²) in [5.41, 5.74) is 3.38. The van der Waals surface area contributed by atoms with Gasteiger partial charge in [-0.3, -0.25) is 14.0 Å². The minimum Gasteiger partial charge on any atom is -0.294 e. The molecule has 0 amide bonds. The molecular weight excluding hydrogens is 374 g/mol. The van der Waals surface area contributed by atoms with Crippen molar-refractivity contribution in [3.05, 3.63) is 45.9 Å². The first-order valence-electron chi connectivity index (χ1n) is 8.98. The van der Waals surface area contributed by atoms with Crippen molar-refractivity contribution in [1.82, 2.24) is 19.3 Å². The molecule has 0 N–H and O–H groups in total. The van der Waals surface area contributed by atoms with Gasteiger partial charge in [-0.2, -0.15) is 9.50 Å². The largest absolute Gasteiger partial charge is 0.294 e. The summed E-state index contributed by atoms with van der Waals surface area (Å²) < 4.78 is 19.6. The maximum Gasteiger partial charge on any atom is 0.261 e. The first-order valence-corrected chi connectivity index (χ1v) is 10.1. The van der Waals surface area contributed by atoms with E-state index in [2.05, 4.69) is 9.50 Å². The number of aryl methyl sites for hydroxylation is 2. The molecule has 0 spiro atoms. The van der Waals surface area contributed by atoms with Crippen LogP contribution in [0.25, 0.3) is 22.4 Å². The molecule has 8 heteroatoms. The number of hydrogen-bond acceptors (Lipinski definition) is 4. The third kappa shape index (κ3) is 3.56. The summed E-state index contributed by atoms with van der Waals surface area (Å²) in [6.07, 6.45) is 1.67. The van der Waals surface area contributed by atoms with E-state index in [1.807, 2.05) is 45.9 Å². The van der Waals surface area contributed by atoms with E-state index in [4.69, 9.17) is 4.98 Å². The van der Waals surface area contributed by atoms with Gasteiger partial charge in [0.15, 0.2) is 5.82 Å². The van der Waals surface area contributed by atoms with E-state index in [9.17, 15) is 9.00 Å². The van der Waals surface area contributed by atoms with Gasteiger partial charge in [-0.1, -0.05) is 0 Å². The number of aromatic nitrogens is 4. The Kier molecular flexibility index (Phi) is 5.10. The summed E-state index contributed by atoms with van der Waals surface area (Å²) in [7, 11) is 2.11. The van der Waals surface area contributed by atoms with Gasteiger partial charge in [0.05, 0.1) is 21.4 Å². The number of nitrogens with zero attached hydrogens (tertiary/aromatic N) is 5. The van der Waals surface area contributed by atoms with Gasteiger partial charge in [-0.05, 0) is 58.4 Å². The molecule has 1 atom stereocenters. The predicted octanol–water partition coefficient (Wildman–Crippen LogP) is 2.91. The molecule has 2 heterocycles. The number of benzene rings is 1. The summed E-state index contributed by atoms with van der Waals surface area (Å²) in [5.74, 6) is 0.521. The van der Waals surface area contributed by atoms with Crippen molar-refractivity contribution < 1.29 is 4.21 Å². The fourth-order valence-electron chi connectivity index (χ4n) is 2.93. The summed E-state index contributed by atoms with van der Waals surface area (Å²) in [5, 5.41) is 4.69. The Morgan fingerprint density at radius 3 is 2.46 bits per heavy atom. The molecule has 3 aromatic rings. The molecule has 2 aromatic heterocycles. The minimum atomic E-state index is -1.40. The molecule has 0 unspecified atom stereocenters. The summed E-state index contributed by atoms with van der Waals surface area (Å²) >= 11 is 0. The van der Waals surface area contributed by atoms with E-state index in [1.165, 1.54) is 4.57 Å². The molecule has 0 fully saturated rings. The van der Waals surface area contributed by atoms with Crippen molar-refractivity contribution >= 4 is 27.6 Å². The van der Waals surface area contributed by atoms with Gasteiger partial charge in [-0.15, -0.1) is 0 Å². The molecule has 0 bridgehead atoms. The number of fused-ring (bicyclic) bond motifs is 1. The van der Waals surface area contributed by atoms with Crippen LogP contribution in [0.4, 0.5) is 0 Å². The smallest absolute Gasteiger partial charge is 0.261 e. The highest BCUT2D eigenvalue weighted by Gasteiger charge is 2.21. The molecule has 0 aliphatic carbocycles. The van der Waals surface area contributed by atoms with Gasteiger partial charge in [0.25, 0.3) is 5.56 Å². The Labute approximate surface area is 166 Å². The van der Waals surface area contributed by atoms with Gasteiger partial charge in [-0.25, -0.2) is 9.19 Å². The molecule has 28 heavy (non-hydrogen) atoms. The summed E-state index contributed by atoms with van der Waals surface area (Å²) in [4.78, 5) is 17.9. The summed E-state index contributed by atoms with van der Waals surface area (Å²) in [6, 6.07) is 5.58. The topological polar surface area (TPSA) is 82.1 Å². The Hall–Kier alpha value is -2.61. The van der Waals surface area contributed by atoms with Crippen LogP contribution in [0, 0.1) is 6.92 Å². The highest BCUT2D eigenvalue weighted by atomic mass is 32.2. The number of hydrogen-bond donors (Lipinski definition) is 0. The van der Waals surface area contributed by atoms with Gasteiger partial charge in [0, 0.05) is 25.9 Å². The Balaban J connectivity index is 2.34. The predicted molar refractivity (Wildman–Crippen MR) is 114 cm³/mol. The summed E-state index contributed by atoms with van der Waals surface area (Å²) in [6.45, 7) is 9.36. The molecular formula is C20H25N5O2S. The van der Waals surface area contributed by atoms with E-state index in [0.717, 1.165) is 11.3 Å². The van der Waals surface area contributed by atoms with E-state index >= 15 is 0 Å². The highest BCUT2D eigenvalue weighted by Crippen LogP contribution is 2.23. The van der Waals surface area contributed by atoms with Crippen molar-refractivity contribution in [3.63, 3.8) is 0 Å². The average molecular weight is 400 g/mol. The van der Waals surface area contributed by atoms with Crippen LogP contribution in [0.3, 0.4) is 0 Å². The lowest BCUT2D eigenvalue weighted by Gasteiger charge is -2.15. The second kappa shape index (κ2) is 7.09. The lowest BCUT2D eigenvalue weighted by molar-refractivity contribution is 0.650. The van der Waals surface area contributed by atoms with Crippen molar-refractivity contribution in [1.29, 1.82) is 0 Å². The van der Waals surface area contributed by atoms with Gasteiger partial charge in [0.2, 0.25) is 0 Å². The average Bonchev–Trinajstić information content (AvgIpc) is 3.02. The third-order valence-corrected chi connectivity index (χ3v) is 6.00. The van der Waals surface area contributed by atoms with Crippen LogP contribution < -0.4 is 5.56 Å². The molecule has 1 aromatic carbocycles. The van der Waals surface area contributed by atoms with Gasteiger partial charge < -0.3 is 0 Å². The second-order valence-corrected chi connectivity index (χ2v) is 9.79. The van der Waals surface area contributed by atoms with E-state index in [1.54, 1.807) is 31.9 Å². The maximum absolute atomic E-state index is 13.1. The van der Waals surface area contributed by atoms with Crippen molar-refractivity contribution in [3.8, 4) is 11.5 Å². The monoisotopic (exact) mass is 399 g/mol. The van der Waals surface area contributed by atoms with E-state index < -0.39 is 15.7 Å². The molecule has 7 nitrogen and oxygen atoms in total. The normalized spacial score (nSPS) is 13.9. The van der Waals surface area contributed by atoms with Crippen molar-refractivity contribution in [2.24, 2.45) is 18.5 Å². The van der Waals surface area contributed by atoms with E-state index in [0.29, 0.717) is 28.0 Å². The molecule has 0 saturated carbocycles. The maximum atomic E-state index is 13.1. The zero-order chi connectivity index (χ0) is 20.8. The van der Waals surface area contributed by atoms with Crippen molar-refractivity contribution in [2.75, 3.05) is 0 Å². The third-order valence-electron chi connectivity index (χ3n) is 4.51. The fourth-order valence-corrected chi connectivity index (χ4v) is 3.55. The zero-order valence-corrected chi connectivity index (χ0v) is 18.1. The first kappa shape index (κ1) is 20.1. The van der Waals surface area contributed by atoms with Crippen LogP contribution in [0.15, 0.2) is 33.6 Å². The molecule has 0 radical (unpaired) electrons. The second-order valence-electron chi connectivity index (χ2n) is 7.89. The molecule has 148 valence electrons. The highest BCUT2D eigenvalue weighted by molar-refractivity contribution is 7.85. The fraction of sp³-hybridized carbons (Fsp3) is 0.400. The quantitative estimate of drug-likeness (QED) is 0.634. The van der Waals surface area contributed by atoms with Crippen molar-refractivity contribution in [2.45, 2.75) is 39.4 Å². The van der Waals surface area contributed by atoms with Crippen LogP contribution >= 0.6 is 0 Å². The molecule has 0 saturated heterocycles. The molecule has 0 aliphatic heterocycles. The van der Waals surface area contributed by atoms with E-state index in [-0.39, 0.29) is 5.56 Å². The van der Waals surface area contributed by atoms with Crippen LogP contribution in [0.5, 0.6) is 0 Å². The van der Waals surface area contributed by atoms with Crippen LogP contribution in [0.1, 0.15) is 38.8 Å². The Morgan fingerprint density at radius 2 is 1.89 bits per heavy atom.